The zero-order valence-electron chi connectivity index (χ0n) is 10.8. The van der Waals surface area contributed by atoms with Crippen LogP contribution < -0.4 is 9.88 Å². The van der Waals surface area contributed by atoms with Gasteiger partial charge < -0.3 is 4.74 Å². The Labute approximate surface area is 108 Å². The maximum atomic E-state index is 11.4. The molecule has 0 heterocycles. The van der Waals surface area contributed by atoms with Crippen molar-refractivity contribution in [2.24, 2.45) is 5.14 Å². The van der Waals surface area contributed by atoms with E-state index in [2.05, 4.69) is 5.92 Å². The predicted octanol–water partition coefficient (Wildman–Crippen LogP) is 1.66. The Hall–Kier alpha value is -1.51. The fourth-order valence-electron chi connectivity index (χ4n) is 1.75. The van der Waals surface area contributed by atoms with Gasteiger partial charge in [-0.3, -0.25) is 0 Å². The summed E-state index contributed by atoms with van der Waals surface area (Å²) in [6.07, 6.45) is 5.66. The van der Waals surface area contributed by atoms with Gasteiger partial charge in [0.1, 0.15) is 5.75 Å². The van der Waals surface area contributed by atoms with E-state index in [4.69, 9.17) is 16.3 Å². The SMILES string of the molecule is C#CCCOc1c(C)cc(S(N)(=O)=O)c(C)c1C. The van der Waals surface area contributed by atoms with E-state index in [-0.39, 0.29) is 4.90 Å². The van der Waals surface area contributed by atoms with Gasteiger partial charge in [0.2, 0.25) is 10.0 Å². The van der Waals surface area contributed by atoms with Crippen molar-refractivity contribution < 1.29 is 13.2 Å². The molecule has 0 saturated heterocycles. The molecule has 0 unspecified atom stereocenters. The number of hydrogen-bond donors (Lipinski definition) is 1. The van der Waals surface area contributed by atoms with Gasteiger partial charge in [-0.1, -0.05) is 0 Å². The summed E-state index contributed by atoms with van der Waals surface area (Å²) in [6, 6.07) is 1.53. The second-order valence-electron chi connectivity index (χ2n) is 4.12. The van der Waals surface area contributed by atoms with Crippen molar-refractivity contribution in [1.29, 1.82) is 0 Å². The summed E-state index contributed by atoms with van der Waals surface area (Å²) < 4.78 is 28.5. The fraction of sp³-hybridized carbons (Fsp3) is 0.385. The van der Waals surface area contributed by atoms with E-state index in [0.29, 0.717) is 24.3 Å². The molecule has 0 amide bonds. The molecular formula is C13H17NO3S. The number of nitrogens with two attached hydrogens (primary N) is 1. The van der Waals surface area contributed by atoms with Gasteiger partial charge in [-0.15, -0.1) is 12.3 Å². The Morgan fingerprint density at radius 1 is 1.33 bits per heavy atom. The van der Waals surface area contributed by atoms with E-state index in [1.165, 1.54) is 6.07 Å². The van der Waals surface area contributed by atoms with Crippen LogP contribution in [0.4, 0.5) is 0 Å². The van der Waals surface area contributed by atoms with Crippen molar-refractivity contribution in [2.75, 3.05) is 6.61 Å². The highest BCUT2D eigenvalue weighted by Gasteiger charge is 2.18. The van der Waals surface area contributed by atoms with Crippen LogP contribution in [0.1, 0.15) is 23.1 Å². The third-order valence-corrected chi connectivity index (χ3v) is 3.81. The Kier molecular flexibility index (Phi) is 4.38. The molecule has 0 aliphatic carbocycles. The number of terminal acetylenes is 1. The Morgan fingerprint density at radius 3 is 2.44 bits per heavy atom. The van der Waals surface area contributed by atoms with Gasteiger partial charge in [0.05, 0.1) is 11.5 Å². The number of rotatable bonds is 4. The molecule has 5 heteroatoms. The van der Waals surface area contributed by atoms with Crippen molar-refractivity contribution in [2.45, 2.75) is 32.1 Å². The Bertz CT molecular complexity index is 598. The molecule has 0 spiro atoms. The Morgan fingerprint density at radius 2 is 1.94 bits per heavy atom. The zero-order valence-corrected chi connectivity index (χ0v) is 11.6. The lowest BCUT2D eigenvalue weighted by atomic mass is 10.1. The third kappa shape index (κ3) is 3.03. The first-order chi connectivity index (χ1) is 8.29. The molecule has 1 rings (SSSR count). The van der Waals surface area contributed by atoms with E-state index in [1.807, 2.05) is 6.92 Å². The van der Waals surface area contributed by atoms with Gasteiger partial charge in [0.25, 0.3) is 0 Å². The maximum Gasteiger partial charge on any atom is 0.238 e. The van der Waals surface area contributed by atoms with E-state index >= 15 is 0 Å². The monoisotopic (exact) mass is 267 g/mol. The lowest BCUT2D eigenvalue weighted by Crippen LogP contribution is -2.15. The number of primary sulfonamides is 1. The average molecular weight is 267 g/mol. The quantitative estimate of drug-likeness (QED) is 0.666. The van der Waals surface area contributed by atoms with E-state index in [0.717, 1.165) is 11.1 Å². The minimum absolute atomic E-state index is 0.141. The van der Waals surface area contributed by atoms with Crippen molar-refractivity contribution in [1.82, 2.24) is 0 Å². The number of aryl methyl sites for hydroxylation is 1. The highest BCUT2D eigenvalue weighted by molar-refractivity contribution is 7.89. The largest absolute Gasteiger partial charge is 0.492 e. The first-order valence-electron chi connectivity index (χ1n) is 5.49. The fourth-order valence-corrected chi connectivity index (χ4v) is 2.67. The van der Waals surface area contributed by atoms with Crippen LogP contribution in [0.3, 0.4) is 0 Å². The van der Waals surface area contributed by atoms with Gasteiger partial charge in [-0.2, -0.15) is 0 Å². The molecule has 4 nitrogen and oxygen atoms in total. The summed E-state index contributed by atoms with van der Waals surface area (Å²) in [5.41, 5.74) is 2.12. The van der Waals surface area contributed by atoms with Crippen LogP contribution in [0, 0.1) is 33.1 Å². The normalized spacial score (nSPS) is 11.1. The first kappa shape index (κ1) is 14.6. The molecule has 2 N–H and O–H groups in total. The summed E-state index contributed by atoms with van der Waals surface area (Å²) in [7, 11) is -3.71. The standard InChI is InChI=1S/C13H17NO3S/c1-5-6-7-17-13-9(2)8-12(18(14,15)16)10(3)11(13)4/h1,8H,6-7H2,2-4H3,(H2,14,15,16). The predicted molar refractivity (Wildman–Crippen MR) is 71.0 cm³/mol. The molecule has 0 aliphatic rings. The minimum atomic E-state index is -3.71. The first-order valence-corrected chi connectivity index (χ1v) is 7.03. The van der Waals surface area contributed by atoms with Crippen LogP contribution in [0.25, 0.3) is 0 Å². The smallest absolute Gasteiger partial charge is 0.238 e. The van der Waals surface area contributed by atoms with Gasteiger partial charge in [-0.25, -0.2) is 13.6 Å². The van der Waals surface area contributed by atoms with Gasteiger partial charge in [0.15, 0.2) is 0 Å². The molecule has 0 aromatic heterocycles. The van der Waals surface area contributed by atoms with E-state index in [1.54, 1.807) is 13.8 Å². The molecule has 0 atom stereocenters. The summed E-state index contributed by atoms with van der Waals surface area (Å²) in [6.45, 7) is 5.71. The summed E-state index contributed by atoms with van der Waals surface area (Å²) in [5, 5.41) is 5.17. The summed E-state index contributed by atoms with van der Waals surface area (Å²) in [4.78, 5) is 0.141. The molecule has 98 valence electrons. The van der Waals surface area contributed by atoms with E-state index < -0.39 is 10.0 Å². The molecular weight excluding hydrogens is 250 g/mol. The van der Waals surface area contributed by atoms with Crippen molar-refractivity contribution in [3.8, 4) is 18.1 Å². The molecule has 0 radical (unpaired) electrons. The van der Waals surface area contributed by atoms with Crippen LogP contribution in [-0.4, -0.2) is 15.0 Å². The molecule has 0 bridgehead atoms. The lowest BCUT2D eigenvalue weighted by Gasteiger charge is -2.16. The van der Waals surface area contributed by atoms with Crippen LogP contribution in [0.5, 0.6) is 5.75 Å². The molecule has 0 aliphatic heterocycles. The van der Waals surface area contributed by atoms with Crippen LogP contribution in [0.2, 0.25) is 0 Å². The van der Waals surface area contributed by atoms with Crippen molar-refractivity contribution >= 4 is 10.0 Å². The minimum Gasteiger partial charge on any atom is -0.492 e. The summed E-state index contributed by atoms with van der Waals surface area (Å²) >= 11 is 0. The van der Waals surface area contributed by atoms with Crippen LogP contribution in [0.15, 0.2) is 11.0 Å². The highest BCUT2D eigenvalue weighted by atomic mass is 32.2. The highest BCUT2D eigenvalue weighted by Crippen LogP contribution is 2.30. The van der Waals surface area contributed by atoms with Gasteiger partial charge in [0, 0.05) is 6.42 Å². The maximum absolute atomic E-state index is 11.4. The van der Waals surface area contributed by atoms with Crippen LogP contribution in [-0.2, 0) is 10.0 Å². The number of sulfonamides is 1. The van der Waals surface area contributed by atoms with Crippen molar-refractivity contribution in [3.63, 3.8) is 0 Å². The molecule has 18 heavy (non-hydrogen) atoms. The summed E-state index contributed by atoms with van der Waals surface area (Å²) in [5.74, 6) is 3.16. The van der Waals surface area contributed by atoms with Crippen LogP contribution >= 0.6 is 0 Å². The lowest BCUT2D eigenvalue weighted by molar-refractivity contribution is 0.322. The second-order valence-corrected chi connectivity index (χ2v) is 5.65. The Balaban J connectivity index is 3.26. The molecule has 0 saturated carbocycles. The molecule has 1 aromatic rings. The number of ether oxygens (including phenoxy) is 1. The van der Waals surface area contributed by atoms with Gasteiger partial charge >= 0.3 is 0 Å². The van der Waals surface area contributed by atoms with Gasteiger partial charge in [-0.05, 0) is 43.5 Å². The van der Waals surface area contributed by atoms with E-state index in [9.17, 15) is 8.42 Å². The topological polar surface area (TPSA) is 69.4 Å². The van der Waals surface area contributed by atoms with Crippen molar-refractivity contribution in [3.05, 3.63) is 22.8 Å². The molecule has 0 fully saturated rings. The third-order valence-electron chi connectivity index (χ3n) is 2.78. The number of benzene rings is 1. The average Bonchev–Trinajstić information content (AvgIpc) is 2.26. The molecule has 1 aromatic carbocycles. The number of hydrogen-bond acceptors (Lipinski definition) is 3. The zero-order chi connectivity index (χ0) is 13.9. The second kappa shape index (κ2) is 5.42.